The van der Waals surface area contributed by atoms with E-state index in [-0.39, 0.29) is 48.6 Å². The highest BCUT2D eigenvalue weighted by Crippen LogP contribution is 2.32. The number of methoxy groups -OCH3 is 1. The molecule has 0 saturated carbocycles. The Bertz CT molecular complexity index is 1540. The van der Waals surface area contributed by atoms with Crippen molar-refractivity contribution in [2.75, 3.05) is 25.6 Å². The van der Waals surface area contributed by atoms with Gasteiger partial charge in [0.15, 0.2) is 5.82 Å². The van der Waals surface area contributed by atoms with Gasteiger partial charge in [0, 0.05) is 41.7 Å². The van der Waals surface area contributed by atoms with Crippen LogP contribution in [0.1, 0.15) is 35.5 Å². The standard InChI is InChI=1S/C26H27FN8O5/c1-15(36)40-11-10-39-14-17-12-19(38-2)13-20(21(17)27)22(32-18-6-4-16(5-7-18)23(28)29)24-33-26(37)35(34-24)25-30-8-3-9-31-25/h3-9,12-13,22,32H,10-11,14H2,1-2H3,(H3,28,29)(H,33,34,37)/t22-/m0/s1. The summed E-state index contributed by atoms with van der Waals surface area (Å²) in [6.07, 6.45) is 2.93. The zero-order valence-electron chi connectivity index (χ0n) is 21.7. The summed E-state index contributed by atoms with van der Waals surface area (Å²) < 4.78 is 32.7. The van der Waals surface area contributed by atoms with Crippen molar-refractivity contribution in [1.82, 2.24) is 24.7 Å². The van der Waals surface area contributed by atoms with E-state index < -0.39 is 23.5 Å². The maximum absolute atomic E-state index is 16.0. The molecular formula is C26H27FN8O5. The van der Waals surface area contributed by atoms with Crippen LogP contribution >= 0.6 is 0 Å². The Hall–Kier alpha value is -5.11. The monoisotopic (exact) mass is 550 g/mol. The number of aromatic nitrogens is 5. The first kappa shape index (κ1) is 27.9. The van der Waals surface area contributed by atoms with E-state index in [4.69, 9.17) is 25.4 Å². The summed E-state index contributed by atoms with van der Waals surface area (Å²) in [5.41, 5.74) is 6.24. The lowest BCUT2D eigenvalue weighted by Gasteiger charge is -2.21. The van der Waals surface area contributed by atoms with Crippen LogP contribution in [0.3, 0.4) is 0 Å². The Morgan fingerprint density at radius 1 is 1.20 bits per heavy atom. The minimum Gasteiger partial charge on any atom is -0.497 e. The molecule has 0 spiro atoms. The number of halogens is 1. The lowest BCUT2D eigenvalue weighted by atomic mass is 10.0. The van der Waals surface area contributed by atoms with Crippen molar-refractivity contribution in [2.45, 2.75) is 19.6 Å². The van der Waals surface area contributed by atoms with Crippen LogP contribution < -0.4 is 21.5 Å². The largest absolute Gasteiger partial charge is 0.497 e. The fraction of sp³-hybridized carbons (Fsp3) is 0.231. The van der Waals surface area contributed by atoms with Crippen molar-refractivity contribution >= 4 is 17.5 Å². The molecule has 4 aromatic rings. The first-order chi connectivity index (χ1) is 19.3. The second-order valence-electron chi connectivity index (χ2n) is 8.43. The third-order valence-corrected chi connectivity index (χ3v) is 5.64. The average molecular weight is 551 g/mol. The number of hydrogen-bond acceptors (Lipinski definition) is 10. The quantitative estimate of drug-likeness (QED) is 0.0881. The predicted molar refractivity (Wildman–Crippen MR) is 142 cm³/mol. The van der Waals surface area contributed by atoms with Gasteiger partial charge in [0.1, 0.15) is 30.1 Å². The number of nitrogens with two attached hydrogens (primary N) is 1. The van der Waals surface area contributed by atoms with Crippen molar-refractivity contribution in [3.05, 3.63) is 93.7 Å². The van der Waals surface area contributed by atoms with E-state index in [0.717, 1.165) is 4.68 Å². The van der Waals surface area contributed by atoms with Crippen LogP contribution in [0.4, 0.5) is 10.1 Å². The highest BCUT2D eigenvalue weighted by molar-refractivity contribution is 5.95. The average Bonchev–Trinajstić information content (AvgIpc) is 3.34. The molecule has 1 atom stereocenters. The minimum absolute atomic E-state index is 0.0223. The molecule has 0 unspecified atom stereocenters. The first-order valence-electron chi connectivity index (χ1n) is 12.0. The van der Waals surface area contributed by atoms with E-state index >= 15 is 4.39 Å². The van der Waals surface area contributed by atoms with Gasteiger partial charge in [-0.3, -0.25) is 15.2 Å². The number of rotatable bonds is 12. The predicted octanol–water partition coefficient (Wildman–Crippen LogP) is 2.06. The highest BCUT2D eigenvalue weighted by Gasteiger charge is 2.26. The molecule has 14 heteroatoms. The molecule has 5 N–H and O–H groups in total. The molecule has 0 radical (unpaired) electrons. The summed E-state index contributed by atoms with van der Waals surface area (Å²) in [6.45, 7) is 1.23. The normalized spacial score (nSPS) is 11.6. The second kappa shape index (κ2) is 12.6. The van der Waals surface area contributed by atoms with E-state index in [1.54, 1.807) is 30.3 Å². The maximum atomic E-state index is 16.0. The molecule has 13 nitrogen and oxygen atoms in total. The summed E-state index contributed by atoms with van der Waals surface area (Å²) >= 11 is 0. The van der Waals surface area contributed by atoms with Crippen molar-refractivity contribution in [3.8, 4) is 11.7 Å². The lowest BCUT2D eigenvalue weighted by molar-refractivity contribution is -0.142. The number of hydrogen-bond donors (Lipinski definition) is 4. The van der Waals surface area contributed by atoms with E-state index in [2.05, 4.69) is 25.4 Å². The van der Waals surface area contributed by atoms with Crippen molar-refractivity contribution in [2.24, 2.45) is 5.73 Å². The molecule has 0 saturated heterocycles. The van der Waals surface area contributed by atoms with Gasteiger partial charge in [-0.2, -0.15) is 0 Å². The molecule has 0 aliphatic carbocycles. The van der Waals surface area contributed by atoms with E-state index in [9.17, 15) is 9.59 Å². The summed E-state index contributed by atoms with van der Waals surface area (Å²) in [7, 11) is 1.44. The van der Waals surface area contributed by atoms with Gasteiger partial charge < -0.3 is 25.3 Å². The Kier molecular flexibility index (Phi) is 8.81. The van der Waals surface area contributed by atoms with Gasteiger partial charge in [-0.25, -0.2) is 19.2 Å². The summed E-state index contributed by atoms with van der Waals surface area (Å²) in [5, 5.41) is 15.2. The van der Waals surface area contributed by atoms with Crippen LogP contribution in [0, 0.1) is 11.2 Å². The van der Waals surface area contributed by atoms with Crippen LogP contribution in [0.25, 0.3) is 5.95 Å². The van der Waals surface area contributed by atoms with E-state index in [0.29, 0.717) is 17.0 Å². The SMILES string of the molecule is COc1cc(COCCOC(C)=O)c(F)c([C@H](Nc2ccc(C(=N)N)cc2)c2nn(-c3ncccn3)c(=O)[nH]2)c1. The number of nitrogen functional groups attached to an aromatic ring is 1. The van der Waals surface area contributed by atoms with Crippen LogP contribution in [-0.4, -0.2) is 56.9 Å². The van der Waals surface area contributed by atoms with E-state index in [1.165, 1.54) is 38.6 Å². The van der Waals surface area contributed by atoms with Crippen molar-refractivity contribution < 1.29 is 23.4 Å². The molecule has 0 fully saturated rings. The molecule has 2 heterocycles. The number of carbonyl (C=O) groups excluding carboxylic acids is 1. The molecule has 0 amide bonds. The van der Waals surface area contributed by atoms with Crippen LogP contribution in [0.2, 0.25) is 0 Å². The zero-order valence-corrected chi connectivity index (χ0v) is 21.7. The molecule has 2 aromatic carbocycles. The summed E-state index contributed by atoms with van der Waals surface area (Å²) in [4.78, 5) is 34.5. The van der Waals surface area contributed by atoms with Gasteiger partial charge in [0.05, 0.1) is 20.3 Å². The van der Waals surface area contributed by atoms with E-state index in [1.807, 2.05) is 0 Å². The van der Waals surface area contributed by atoms with Crippen LogP contribution in [0.5, 0.6) is 5.75 Å². The topological polar surface area (TPSA) is 183 Å². The zero-order chi connectivity index (χ0) is 28.6. The Morgan fingerprint density at radius 2 is 1.93 bits per heavy atom. The summed E-state index contributed by atoms with van der Waals surface area (Å²) in [5.74, 6) is -0.738. The Balaban J connectivity index is 1.74. The van der Waals surface area contributed by atoms with Crippen LogP contribution in [-0.2, 0) is 20.9 Å². The number of nitrogens with zero attached hydrogens (tertiary/aromatic N) is 4. The molecule has 4 rings (SSSR count). The highest BCUT2D eigenvalue weighted by atomic mass is 19.1. The minimum atomic E-state index is -1.02. The van der Waals surface area contributed by atoms with Gasteiger partial charge in [0.25, 0.3) is 5.95 Å². The van der Waals surface area contributed by atoms with Gasteiger partial charge in [0.2, 0.25) is 0 Å². The maximum Gasteiger partial charge on any atom is 0.350 e. The third-order valence-electron chi connectivity index (χ3n) is 5.64. The fourth-order valence-electron chi connectivity index (χ4n) is 3.75. The molecule has 0 bridgehead atoms. The molecule has 40 heavy (non-hydrogen) atoms. The number of H-pyrrole nitrogens is 1. The summed E-state index contributed by atoms with van der Waals surface area (Å²) in [6, 6.07) is 10.1. The number of anilines is 1. The Labute approximate surface area is 227 Å². The second-order valence-corrected chi connectivity index (χ2v) is 8.43. The molecule has 2 aromatic heterocycles. The van der Waals surface area contributed by atoms with Crippen LogP contribution in [0.15, 0.2) is 59.7 Å². The number of benzene rings is 2. The van der Waals surface area contributed by atoms with Gasteiger partial charge in [-0.15, -0.1) is 9.78 Å². The van der Waals surface area contributed by atoms with Crippen molar-refractivity contribution in [3.63, 3.8) is 0 Å². The molecule has 0 aliphatic heterocycles. The Morgan fingerprint density at radius 3 is 2.58 bits per heavy atom. The molecular weight excluding hydrogens is 523 g/mol. The fourth-order valence-corrected chi connectivity index (χ4v) is 3.75. The number of nitrogens with one attached hydrogen (secondary N) is 3. The smallest absolute Gasteiger partial charge is 0.350 e. The van der Waals surface area contributed by atoms with Crippen molar-refractivity contribution in [1.29, 1.82) is 5.41 Å². The number of aromatic amines is 1. The molecule has 0 aliphatic rings. The lowest BCUT2D eigenvalue weighted by Crippen LogP contribution is -2.18. The number of esters is 1. The van der Waals surface area contributed by atoms with Gasteiger partial charge in [-0.1, -0.05) is 0 Å². The van der Waals surface area contributed by atoms with Gasteiger partial charge >= 0.3 is 11.7 Å². The third kappa shape index (κ3) is 6.66. The first-order valence-corrected chi connectivity index (χ1v) is 12.0. The number of amidine groups is 1. The number of carbonyl (C=O) groups is 1. The molecule has 208 valence electrons. The van der Waals surface area contributed by atoms with Gasteiger partial charge in [-0.05, 0) is 42.5 Å². The number of ether oxygens (including phenoxy) is 3.